The first-order valence-electron chi connectivity index (χ1n) is 5.59. The fourth-order valence-electron chi connectivity index (χ4n) is 2.02. The molecule has 0 radical (unpaired) electrons. The topological polar surface area (TPSA) is 30.7 Å². The van der Waals surface area contributed by atoms with Crippen molar-refractivity contribution >= 4 is 11.0 Å². The molecular weight excluding hydrogens is 210 g/mol. The Bertz CT molecular complexity index is 666. The molecule has 0 spiro atoms. The highest BCUT2D eigenvalue weighted by molar-refractivity contribution is 5.90. The molecule has 0 unspecified atom stereocenters. The summed E-state index contributed by atoms with van der Waals surface area (Å²) in [6, 6.07) is 10.5. The SMILES string of the molecule is Cc1ccc(-c2ncnc3c2ccn3C)cc1. The molecule has 17 heavy (non-hydrogen) atoms. The maximum absolute atomic E-state index is 4.40. The van der Waals surface area contributed by atoms with E-state index in [-0.39, 0.29) is 0 Å². The minimum atomic E-state index is 0.968. The molecule has 3 nitrogen and oxygen atoms in total. The maximum Gasteiger partial charge on any atom is 0.143 e. The molecule has 0 amide bonds. The summed E-state index contributed by atoms with van der Waals surface area (Å²) >= 11 is 0. The van der Waals surface area contributed by atoms with E-state index in [0.717, 1.165) is 22.3 Å². The lowest BCUT2D eigenvalue weighted by Gasteiger charge is -2.03. The number of aryl methyl sites for hydroxylation is 2. The van der Waals surface area contributed by atoms with Crippen molar-refractivity contribution in [2.75, 3.05) is 0 Å². The van der Waals surface area contributed by atoms with Crippen molar-refractivity contribution in [3.63, 3.8) is 0 Å². The predicted molar refractivity (Wildman–Crippen MR) is 68.7 cm³/mol. The van der Waals surface area contributed by atoms with E-state index >= 15 is 0 Å². The van der Waals surface area contributed by atoms with E-state index in [0.29, 0.717) is 0 Å². The molecule has 3 heteroatoms. The number of fused-ring (bicyclic) bond motifs is 1. The van der Waals surface area contributed by atoms with Gasteiger partial charge in [-0.1, -0.05) is 29.8 Å². The van der Waals surface area contributed by atoms with Crippen LogP contribution in [-0.2, 0) is 7.05 Å². The van der Waals surface area contributed by atoms with Crippen LogP contribution in [0.5, 0.6) is 0 Å². The lowest BCUT2D eigenvalue weighted by Crippen LogP contribution is -1.91. The van der Waals surface area contributed by atoms with Gasteiger partial charge in [-0.3, -0.25) is 0 Å². The van der Waals surface area contributed by atoms with Crippen molar-refractivity contribution in [3.8, 4) is 11.3 Å². The quantitative estimate of drug-likeness (QED) is 0.635. The second-order valence-electron chi connectivity index (χ2n) is 4.25. The van der Waals surface area contributed by atoms with Crippen molar-refractivity contribution in [2.24, 2.45) is 7.05 Å². The first-order chi connectivity index (χ1) is 8.25. The largest absolute Gasteiger partial charge is 0.335 e. The highest BCUT2D eigenvalue weighted by Gasteiger charge is 2.07. The van der Waals surface area contributed by atoms with Crippen LogP contribution in [-0.4, -0.2) is 14.5 Å². The zero-order valence-electron chi connectivity index (χ0n) is 9.88. The van der Waals surface area contributed by atoms with Gasteiger partial charge in [-0.05, 0) is 13.0 Å². The summed E-state index contributed by atoms with van der Waals surface area (Å²) in [4.78, 5) is 8.69. The minimum absolute atomic E-state index is 0.968. The van der Waals surface area contributed by atoms with Gasteiger partial charge in [0.15, 0.2) is 0 Å². The van der Waals surface area contributed by atoms with Crippen molar-refractivity contribution in [1.29, 1.82) is 0 Å². The van der Waals surface area contributed by atoms with E-state index in [1.807, 2.05) is 17.8 Å². The summed E-state index contributed by atoms with van der Waals surface area (Å²) in [7, 11) is 1.99. The van der Waals surface area contributed by atoms with E-state index in [1.165, 1.54) is 5.56 Å². The normalized spacial score (nSPS) is 10.9. The maximum atomic E-state index is 4.40. The third-order valence-electron chi connectivity index (χ3n) is 2.99. The zero-order valence-corrected chi connectivity index (χ0v) is 9.88. The van der Waals surface area contributed by atoms with Gasteiger partial charge in [0.05, 0.1) is 5.69 Å². The van der Waals surface area contributed by atoms with E-state index in [9.17, 15) is 0 Å². The van der Waals surface area contributed by atoms with Gasteiger partial charge in [0.1, 0.15) is 12.0 Å². The summed E-state index contributed by atoms with van der Waals surface area (Å²) in [5.74, 6) is 0. The average Bonchev–Trinajstić information content (AvgIpc) is 2.73. The van der Waals surface area contributed by atoms with Crippen LogP contribution in [0.2, 0.25) is 0 Å². The summed E-state index contributed by atoms with van der Waals surface area (Å²) in [5, 5.41) is 1.10. The van der Waals surface area contributed by atoms with Gasteiger partial charge in [0, 0.05) is 24.2 Å². The molecule has 84 valence electrons. The molecule has 3 aromatic rings. The molecule has 0 fully saturated rings. The van der Waals surface area contributed by atoms with Crippen LogP contribution in [0.25, 0.3) is 22.3 Å². The third-order valence-corrected chi connectivity index (χ3v) is 2.99. The molecular formula is C14H13N3. The number of aromatic nitrogens is 3. The fraction of sp³-hybridized carbons (Fsp3) is 0.143. The Balaban J connectivity index is 2.26. The average molecular weight is 223 g/mol. The summed E-state index contributed by atoms with van der Waals surface area (Å²) < 4.78 is 2.01. The van der Waals surface area contributed by atoms with Crippen molar-refractivity contribution in [3.05, 3.63) is 48.4 Å². The molecule has 1 aromatic carbocycles. The second kappa shape index (κ2) is 3.70. The summed E-state index contributed by atoms with van der Waals surface area (Å²) in [5.41, 5.74) is 4.35. The van der Waals surface area contributed by atoms with Crippen LogP contribution in [0.15, 0.2) is 42.9 Å². The van der Waals surface area contributed by atoms with Crippen LogP contribution >= 0.6 is 0 Å². The second-order valence-corrected chi connectivity index (χ2v) is 4.25. The van der Waals surface area contributed by atoms with E-state index < -0.39 is 0 Å². The molecule has 0 bridgehead atoms. The fourth-order valence-corrected chi connectivity index (χ4v) is 2.02. The van der Waals surface area contributed by atoms with Gasteiger partial charge < -0.3 is 4.57 Å². The number of nitrogens with zero attached hydrogens (tertiary/aromatic N) is 3. The lowest BCUT2D eigenvalue weighted by atomic mass is 10.1. The molecule has 0 saturated carbocycles. The number of hydrogen-bond acceptors (Lipinski definition) is 2. The summed E-state index contributed by atoms with van der Waals surface area (Å²) in [6.45, 7) is 2.09. The standard InChI is InChI=1S/C14H13N3/c1-10-3-5-11(6-4-10)13-12-7-8-17(2)14(12)16-9-15-13/h3-9H,1-2H3. The first kappa shape index (κ1) is 10.0. The van der Waals surface area contributed by atoms with Crippen molar-refractivity contribution in [2.45, 2.75) is 6.92 Å². The van der Waals surface area contributed by atoms with Gasteiger partial charge in [-0.25, -0.2) is 9.97 Å². The van der Waals surface area contributed by atoms with Gasteiger partial charge in [0.2, 0.25) is 0 Å². The predicted octanol–water partition coefficient (Wildman–Crippen LogP) is 2.94. The number of hydrogen-bond donors (Lipinski definition) is 0. The van der Waals surface area contributed by atoms with Crippen LogP contribution < -0.4 is 0 Å². The Hall–Kier alpha value is -2.16. The monoisotopic (exact) mass is 223 g/mol. The van der Waals surface area contributed by atoms with Crippen LogP contribution in [0.1, 0.15) is 5.56 Å². The molecule has 3 rings (SSSR count). The van der Waals surface area contributed by atoms with Crippen molar-refractivity contribution in [1.82, 2.24) is 14.5 Å². The van der Waals surface area contributed by atoms with Crippen LogP contribution in [0.3, 0.4) is 0 Å². The van der Waals surface area contributed by atoms with E-state index in [1.54, 1.807) is 6.33 Å². The van der Waals surface area contributed by atoms with Gasteiger partial charge in [0.25, 0.3) is 0 Å². The molecule has 0 atom stereocenters. The Kier molecular flexibility index (Phi) is 2.18. The molecule has 2 heterocycles. The zero-order chi connectivity index (χ0) is 11.8. The van der Waals surface area contributed by atoms with E-state index in [2.05, 4.69) is 47.2 Å². The third kappa shape index (κ3) is 1.60. The molecule has 0 saturated heterocycles. The van der Waals surface area contributed by atoms with Gasteiger partial charge in [-0.15, -0.1) is 0 Å². The Labute approximate surface area is 99.8 Å². The molecule has 0 N–H and O–H groups in total. The van der Waals surface area contributed by atoms with Crippen LogP contribution in [0.4, 0.5) is 0 Å². The van der Waals surface area contributed by atoms with Crippen molar-refractivity contribution < 1.29 is 0 Å². The molecule has 2 aromatic heterocycles. The summed E-state index contributed by atoms with van der Waals surface area (Å²) in [6.07, 6.45) is 3.63. The molecule has 0 aliphatic carbocycles. The van der Waals surface area contributed by atoms with Gasteiger partial charge in [-0.2, -0.15) is 0 Å². The Morgan fingerprint density at radius 1 is 1.00 bits per heavy atom. The van der Waals surface area contributed by atoms with E-state index in [4.69, 9.17) is 0 Å². The molecule has 0 aliphatic rings. The lowest BCUT2D eigenvalue weighted by molar-refractivity contribution is 0.944. The highest BCUT2D eigenvalue weighted by Crippen LogP contribution is 2.25. The Morgan fingerprint density at radius 2 is 1.76 bits per heavy atom. The minimum Gasteiger partial charge on any atom is -0.335 e. The highest BCUT2D eigenvalue weighted by atomic mass is 15.0. The first-order valence-corrected chi connectivity index (χ1v) is 5.59. The van der Waals surface area contributed by atoms with Gasteiger partial charge >= 0.3 is 0 Å². The van der Waals surface area contributed by atoms with Crippen LogP contribution in [0, 0.1) is 6.92 Å². The number of rotatable bonds is 1. The molecule has 0 aliphatic heterocycles. The Morgan fingerprint density at radius 3 is 2.53 bits per heavy atom. The smallest absolute Gasteiger partial charge is 0.143 e. The number of benzene rings is 1.